The van der Waals surface area contributed by atoms with E-state index in [0.29, 0.717) is 24.7 Å². The summed E-state index contributed by atoms with van der Waals surface area (Å²) < 4.78 is 12.1. The Bertz CT molecular complexity index is 568. The third kappa shape index (κ3) is 3.53. The highest BCUT2D eigenvalue weighted by atomic mass is 79.9. The molecule has 0 amide bonds. The van der Waals surface area contributed by atoms with E-state index in [4.69, 9.17) is 9.47 Å². The number of hydrogen-bond donors (Lipinski definition) is 1. The molecule has 0 radical (unpaired) electrons. The van der Waals surface area contributed by atoms with Crippen molar-refractivity contribution in [1.82, 2.24) is 0 Å². The van der Waals surface area contributed by atoms with Gasteiger partial charge in [-0.15, -0.1) is 11.3 Å². The molecule has 20 heavy (non-hydrogen) atoms. The van der Waals surface area contributed by atoms with E-state index < -0.39 is 6.10 Å². The molecule has 5 heteroatoms. The molecule has 0 spiro atoms. The first-order valence-electron chi connectivity index (χ1n) is 6.47. The van der Waals surface area contributed by atoms with Crippen LogP contribution in [0.3, 0.4) is 0 Å². The summed E-state index contributed by atoms with van der Waals surface area (Å²) in [4.78, 5) is 0. The largest absolute Gasteiger partial charge is 0.490 e. The number of ether oxygens (including phenoxy) is 2. The van der Waals surface area contributed by atoms with Crippen molar-refractivity contribution in [3.63, 3.8) is 0 Å². The van der Waals surface area contributed by atoms with Crippen LogP contribution in [0.15, 0.2) is 33.4 Å². The van der Waals surface area contributed by atoms with E-state index in [1.54, 1.807) is 11.3 Å². The predicted molar refractivity (Wildman–Crippen MR) is 84.9 cm³/mol. The molecule has 0 saturated carbocycles. The topological polar surface area (TPSA) is 38.7 Å². The molecule has 1 aromatic heterocycles. The number of thiophene rings is 1. The summed E-state index contributed by atoms with van der Waals surface area (Å²) >= 11 is 4.96. The standard InChI is InChI=1S/C15H17BrO3S/c1-3-18-12-6-5-10(7-13(12)19-4-2)15(17)11-8-14(16)20-9-11/h5-9,15,17H,3-4H2,1-2H3. The average Bonchev–Trinajstić information content (AvgIpc) is 2.87. The zero-order valence-corrected chi connectivity index (χ0v) is 13.8. The molecular formula is C15H17BrO3S. The molecule has 108 valence electrons. The van der Waals surface area contributed by atoms with E-state index in [2.05, 4.69) is 15.9 Å². The van der Waals surface area contributed by atoms with E-state index >= 15 is 0 Å². The lowest BCUT2D eigenvalue weighted by molar-refractivity contribution is 0.219. The molecule has 2 aromatic rings. The Labute approximate surface area is 131 Å². The zero-order chi connectivity index (χ0) is 14.5. The van der Waals surface area contributed by atoms with Gasteiger partial charge in [0.05, 0.1) is 17.0 Å². The molecule has 0 saturated heterocycles. The monoisotopic (exact) mass is 356 g/mol. The minimum Gasteiger partial charge on any atom is -0.490 e. The second kappa shape index (κ2) is 7.11. The molecule has 0 fully saturated rings. The molecule has 0 aliphatic heterocycles. The van der Waals surface area contributed by atoms with Crippen molar-refractivity contribution in [1.29, 1.82) is 0 Å². The lowest BCUT2D eigenvalue weighted by Crippen LogP contribution is -2.02. The quantitative estimate of drug-likeness (QED) is 0.833. The van der Waals surface area contributed by atoms with Crippen LogP contribution in [0.4, 0.5) is 0 Å². The van der Waals surface area contributed by atoms with Crippen LogP contribution in [0.2, 0.25) is 0 Å². The van der Waals surface area contributed by atoms with Gasteiger partial charge in [-0.25, -0.2) is 0 Å². The Kier molecular flexibility index (Phi) is 5.46. The molecule has 2 rings (SSSR count). The second-order valence-corrected chi connectivity index (χ2v) is 6.45. The van der Waals surface area contributed by atoms with E-state index in [1.807, 2.05) is 43.5 Å². The van der Waals surface area contributed by atoms with E-state index in [-0.39, 0.29) is 0 Å². The highest BCUT2D eigenvalue weighted by Crippen LogP contribution is 2.34. The van der Waals surface area contributed by atoms with Crippen molar-refractivity contribution in [2.75, 3.05) is 13.2 Å². The first-order chi connectivity index (χ1) is 9.65. The molecule has 1 heterocycles. The molecule has 0 aliphatic carbocycles. The zero-order valence-electron chi connectivity index (χ0n) is 11.4. The van der Waals surface area contributed by atoms with Gasteiger partial charge in [-0.05, 0) is 64.5 Å². The molecule has 0 bridgehead atoms. The smallest absolute Gasteiger partial charge is 0.161 e. The number of aliphatic hydroxyl groups is 1. The number of halogens is 1. The summed E-state index contributed by atoms with van der Waals surface area (Å²) in [6.07, 6.45) is -0.660. The van der Waals surface area contributed by atoms with Gasteiger partial charge in [-0.1, -0.05) is 6.07 Å². The van der Waals surface area contributed by atoms with Gasteiger partial charge in [0, 0.05) is 0 Å². The van der Waals surface area contributed by atoms with Gasteiger partial charge in [0.2, 0.25) is 0 Å². The van der Waals surface area contributed by atoms with Crippen LogP contribution in [-0.2, 0) is 0 Å². The summed E-state index contributed by atoms with van der Waals surface area (Å²) in [6.45, 7) is 5.00. The van der Waals surface area contributed by atoms with Gasteiger partial charge in [0.25, 0.3) is 0 Å². The predicted octanol–water partition coefficient (Wildman–Crippen LogP) is 4.39. The summed E-state index contributed by atoms with van der Waals surface area (Å²) in [6, 6.07) is 7.47. The van der Waals surface area contributed by atoms with Crippen molar-refractivity contribution in [3.05, 3.63) is 44.6 Å². The molecule has 0 aliphatic rings. The highest BCUT2D eigenvalue weighted by Gasteiger charge is 2.15. The van der Waals surface area contributed by atoms with Gasteiger partial charge >= 0.3 is 0 Å². The maximum absolute atomic E-state index is 10.4. The Morgan fingerprint density at radius 1 is 1.10 bits per heavy atom. The van der Waals surface area contributed by atoms with Gasteiger partial charge in [-0.3, -0.25) is 0 Å². The van der Waals surface area contributed by atoms with Gasteiger partial charge in [0.15, 0.2) is 11.5 Å². The van der Waals surface area contributed by atoms with E-state index in [1.165, 1.54) is 0 Å². The van der Waals surface area contributed by atoms with E-state index in [0.717, 1.165) is 14.9 Å². The fraction of sp³-hybridized carbons (Fsp3) is 0.333. The second-order valence-electron chi connectivity index (χ2n) is 4.16. The Morgan fingerprint density at radius 3 is 2.40 bits per heavy atom. The SMILES string of the molecule is CCOc1ccc(C(O)c2csc(Br)c2)cc1OCC. The number of hydrogen-bond acceptors (Lipinski definition) is 4. The van der Waals surface area contributed by atoms with Crippen LogP contribution >= 0.6 is 27.3 Å². The third-order valence-electron chi connectivity index (χ3n) is 2.79. The Hall–Kier alpha value is -1.04. The highest BCUT2D eigenvalue weighted by molar-refractivity contribution is 9.11. The number of aliphatic hydroxyl groups excluding tert-OH is 1. The van der Waals surface area contributed by atoms with Crippen molar-refractivity contribution in [2.24, 2.45) is 0 Å². The van der Waals surface area contributed by atoms with E-state index in [9.17, 15) is 5.11 Å². The molecule has 1 unspecified atom stereocenters. The average molecular weight is 357 g/mol. The number of rotatable bonds is 6. The van der Waals surface area contributed by atoms with Crippen molar-refractivity contribution >= 4 is 27.3 Å². The minimum atomic E-state index is -0.660. The molecule has 1 atom stereocenters. The first-order valence-corrected chi connectivity index (χ1v) is 8.14. The van der Waals surface area contributed by atoms with Crippen LogP contribution in [0.25, 0.3) is 0 Å². The number of benzene rings is 1. The Morgan fingerprint density at radius 2 is 1.80 bits per heavy atom. The van der Waals surface area contributed by atoms with Crippen LogP contribution in [0.5, 0.6) is 11.5 Å². The van der Waals surface area contributed by atoms with Crippen molar-refractivity contribution < 1.29 is 14.6 Å². The molecule has 3 nitrogen and oxygen atoms in total. The first kappa shape index (κ1) is 15.4. The van der Waals surface area contributed by atoms with Gasteiger partial charge < -0.3 is 14.6 Å². The van der Waals surface area contributed by atoms with Crippen LogP contribution in [0.1, 0.15) is 31.1 Å². The van der Waals surface area contributed by atoms with Gasteiger partial charge in [0.1, 0.15) is 6.10 Å². The van der Waals surface area contributed by atoms with Gasteiger partial charge in [-0.2, -0.15) is 0 Å². The lowest BCUT2D eigenvalue weighted by atomic mass is 10.0. The third-order valence-corrected chi connectivity index (χ3v) is 4.31. The fourth-order valence-corrected chi connectivity index (χ4v) is 3.09. The maximum Gasteiger partial charge on any atom is 0.161 e. The summed E-state index contributed by atoms with van der Waals surface area (Å²) in [7, 11) is 0. The van der Waals surface area contributed by atoms with Crippen LogP contribution in [0, 0.1) is 0 Å². The van der Waals surface area contributed by atoms with Crippen molar-refractivity contribution in [2.45, 2.75) is 20.0 Å². The lowest BCUT2D eigenvalue weighted by Gasteiger charge is -2.15. The summed E-state index contributed by atoms with van der Waals surface area (Å²) in [5.74, 6) is 1.37. The summed E-state index contributed by atoms with van der Waals surface area (Å²) in [5.41, 5.74) is 1.66. The Balaban J connectivity index is 2.29. The minimum absolute atomic E-state index is 0.559. The fourth-order valence-electron chi connectivity index (χ4n) is 1.90. The van der Waals surface area contributed by atoms with Crippen molar-refractivity contribution in [3.8, 4) is 11.5 Å². The van der Waals surface area contributed by atoms with Crippen LogP contribution < -0.4 is 9.47 Å². The molecule has 1 aromatic carbocycles. The maximum atomic E-state index is 10.4. The van der Waals surface area contributed by atoms with Crippen LogP contribution in [-0.4, -0.2) is 18.3 Å². The summed E-state index contributed by atoms with van der Waals surface area (Å²) in [5, 5.41) is 12.3. The normalized spacial score (nSPS) is 12.2. The molecular weight excluding hydrogens is 340 g/mol. The molecule has 1 N–H and O–H groups in total.